The molecule has 0 aliphatic carbocycles. The van der Waals surface area contributed by atoms with Crippen LogP contribution in [0.5, 0.6) is 5.75 Å². The number of aromatic hydroxyl groups is 1. The molecule has 2 aromatic rings. The summed E-state index contributed by atoms with van der Waals surface area (Å²) in [6.07, 6.45) is 0. The van der Waals surface area contributed by atoms with E-state index < -0.39 is 38.6 Å². The predicted octanol–water partition coefficient (Wildman–Crippen LogP) is 4.00. The van der Waals surface area contributed by atoms with E-state index in [1.165, 1.54) is 23.7 Å². The summed E-state index contributed by atoms with van der Waals surface area (Å²) in [7, 11) is 1.48. The van der Waals surface area contributed by atoms with E-state index in [2.05, 4.69) is 0 Å². The molecule has 0 unspecified atom stereocenters. The SMILES string of the molecule is CN(CCSc1ccccc1)C(=O)/C(C#N)=C(\O)c1cc(Cl)c(O)c([N+](=O)[O-])c1. The van der Waals surface area contributed by atoms with Gasteiger partial charge >= 0.3 is 5.69 Å². The molecule has 2 rings (SSSR count). The number of nitriles is 1. The number of phenolic OH excluding ortho intramolecular Hbond substituents is 1. The monoisotopic (exact) mass is 433 g/mol. The molecule has 0 aliphatic heterocycles. The van der Waals surface area contributed by atoms with Gasteiger partial charge in [-0.25, -0.2) is 0 Å². The van der Waals surface area contributed by atoms with Crippen LogP contribution in [0.4, 0.5) is 5.69 Å². The fourth-order valence-corrected chi connectivity index (χ4v) is 3.48. The van der Waals surface area contributed by atoms with Gasteiger partial charge in [0.1, 0.15) is 11.8 Å². The van der Waals surface area contributed by atoms with Gasteiger partial charge in [0.15, 0.2) is 5.57 Å². The molecule has 0 saturated carbocycles. The van der Waals surface area contributed by atoms with Gasteiger partial charge in [-0.1, -0.05) is 29.8 Å². The average Bonchev–Trinajstić information content (AvgIpc) is 2.70. The van der Waals surface area contributed by atoms with Crippen molar-refractivity contribution in [1.82, 2.24) is 4.90 Å². The summed E-state index contributed by atoms with van der Waals surface area (Å²) < 4.78 is 0. The van der Waals surface area contributed by atoms with Crippen LogP contribution in [0.1, 0.15) is 5.56 Å². The van der Waals surface area contributed by atoms with Gasteiger partial charge in [0, 0.05) is 35.9 Å². The van der Waals surface area contributed by atoms with Crippen molar-refractivity contribution in [2.75, 3.05) is 19.3 Å². The van der Waals surface area contributed by atoms with Gasteiger partial charge in [0.2, 0.25) is 5.75 Å². The van der Waals surface area contributed by atoms with Crippen molar-refractivity contribution in [3.63, 3.8) is 0 Å². The number of likely N-dealkylation sites (N-methyl/N-ethyl adjacent to an activating group) is 1. The van der Waals surface area contributed by atoms with E-state index in [-0.39, 0.29) is 5.56 Å². The number of carbonyl (C=O) groups is 1. The molecule has 0 spiro atoms. The van der Waals surface area contributed by atoms with Crippen molar-refractivity contribution in [2.24, 2.45) is 0 Å². The highest BCUT2D eigenvalue weighted by molar-refractivity contribution is 7.99. The third-order valence-corrected chi connectivity index (χ3v) is 5.14. The minimum absolute atomic E-state index is 0.225. The molecular weight excluding hydrogens is 418 g/mol. The summed E-state index contributed by atoms with van der Waals surface area (Å²) in [5.74, 6) is -1.72. The number of hydrogen-bond donors (Lipinski definition) is 2. The molecule has 0 heterocycles. The molecule has 0 aromatic heterocycles. The Morgan fingerprint density at radius 2 is 2.00 bits per heavy atom. The van der Waals surface area contributed by atoms with Gasteiger partial charge in [-0.15, -0.1) is 11.8 Å². The molecule has 2 aromatic carbocycles. The van der Waals surface area contributed by atoms with Crippen LogP contribution in [-0.2, 0) is 4.79 Å². The first-order chi connectivity index (χ1) is 13.8. The largest absolute Gasteiger partial charge is 0.506 e. The lowest BCUT2D eigenvalue weighted by Gasteiger charge is -2.17. The van der Waals surface area contributed by atoms with Crippen molar-refractivity contribution in [3.8, 4) is 11.8 Å². The van der Waals surface area contributed by atoms with Crippen LogP contribution in [0.15, 0.2) is 52.9 Å². The fourth-order valence-electron chi connectivity index (χ4n) is 2.32. The number of thioether (sulfide) groups is 1. The van der Waals surface area contributed by atoms with Crippen LogP contribution in [0.2, 0.25) is 5.02 Å². The van der Waals surface area contributed by atoms with Crippen molar-refractivity contribution in [3.05, 3.63) is 68.7 Å². The number of nitro groups is 1. The standard InChI is InChI=1S/C19H16ClN3O5S/c1-22(7-8-29-13-5-3-2-4-6-13)19(26)14(11-21)17(24)12-9-15(20)18(25)16(10-12)23(27)28/h2-6,9-10,24-25H,7-8H2,1H3/b17-14-. The topological polar surface area (TPSA) is 128 Å². The summed E-state index contributed by atoms with van der Waals surface area (Å²) in [5, 5.41) is 40.0. The van der Waals surface area contributed by atoms with E-state index in [9.17, 15) is 30.4 Å². The van der Waals surface area contributed by atoms with Crippen LogP contribution < -0.4 is 0 Å². The van der Waals surface area contributed by atoms with Crippen LogP contribution >= 0.6 is 23.4 Å². The average molecular weight is 434 g/mol. The highest BCUT2D eigenvalue weighted by atomic mass is 35.5. The van der Waals surface area contributed by atoms with Gasteiger partial charge in [0.25, 0.3) is 5.91 Å². The lowest BCUT2D eigenvalue weighted by atomic mass is 10.1. The zero-order valence-corrected chi connectivity index (χ0v) is 16.8. The highest BCUT2D eigenvalue weighted by Gasteiger charge is 2.24. The molecule has 29 heavy (non-hydrogen) atoms. The van der Waals surface area contributed by atoms with Crippen molar-refractivity contribution < 1.29 is 19.9 Å². The molecule has 0 radical (unpaired) electrons. The van der Waals surface area contributed by atoms with Crippen LogP contribution in [0, 0.1) is 21.4 Å². The summed E-state index contributed by atoms with van der Waals surface area (Å²) >= 11 is 7.28. The lowest BCUT2D eigenvalue weighted by Crippen LogP contribution is -2.30. The number of benzene rings is 2. The number of nitro benzene ring substituents is 1. The maximum atomic E-state index is 12.6. The third-order valence-electron chi connectivity index (χ3n) is 3.86. The molecule has 2 N–H and O–H groups in total. The van der Waals surface area contributed by atoms with Crippen molar-refractivity contribution in [1.29, 1.82) is 5.26 Å². The zero-order valence-electron chi connectivity index (χ0n) is 15.2. The highest BCUT2D eigenvalue weighted by Crippen LogP contribution is 2.36. The summed E-state index contributed by atoms with van der Waals surface area (Å²) in [6.45, 7) is 0.299. The number of amides is 1. The zero-order chi connectivity index (χ0) is 21.6. The summed E-state index contributed by atoms with van der Waals surface area (Å²) in [5.41, 5.74) is -1.57. The van der Waals surface area contributed by atoms with E-state index in [1.807, 2.05) is 30.3 Å². The van der Waals surface area contributed by atoms with Crippen molar-refractivity contribution in [2.45, 2.75) is 4.90 Å². The first-order valence-corrected chi connectivity index (χ1v) is 9.56. The number of aliphatic hydroxyl groups excluding tert-OH is 1. The van der Waals surface area contributed by atoms with Crippen LogP contribution in [-0.4, -0.2) is 45.3 Å². The minimum Gasteiger partial charge on any atom is -0.506 e. The number of carbonyl (C=O) groups excluding carboxylic acids is 1. The minimum atomic E-state index is -0.890. The second kappa shape index (κ2) is 9.82. The normalized spacial score (nSPS) is 11.3. The van der Waals surface area contributed by atoms with Gasteiger partial charge in [-0.3, -0.25) is 14.9 Å². The Morgan fingerprint density at radius 1 is 1.34 bits per heavy atom. The number of halogens is 1. The van der Waals surface area contributed by atoms with E-state index in [1.54, 1.807) is 6.07 Å². The molecule has 10 heteroatoms. The molecule has 8 nitrogen and oxygen atoms in total. The van der Waals surface area contributed by atoms with Gasteiger partial charge in [0.05, 0.1) is 9.95 Å². The van der Waals surface area contributed by atoms with Crippen molar-refractivity contribution >= 4 is 40.7 Å². The quantitative estimate of drug-likeness (QED) is 0.169. The Bertz CT molecular complexity index is 1000. The van der Waals surface area contributed by atoms with E-state index in [0.29, 0.717) is 12.3 Å². The van der Waals surface area contributed by atoms with Gasteiger partial charge in [-0.2, -0.15) is 5.26 Å². The smallest absolute Gasteiger partial charge is 0.313 e. The molecule has 1 amide bonds. The molecule has 0 aliphatic rings. The van der Waals surface area contributed by atoms with Crippen LogP contribution in [0.3, 0.4) is 0 Å². The molecule has 0 fully saturated rings. The van der Waals surface area contributed by atoms with Gasteiger partial charge < -0.3 is 15.1 Å². The second-order valence-corrected chi connectivity index (χ2v) is 7.38. The predicted molar refractivity (Wildman–Crippen MR) is 110 cm³/mol. The Hall–Kier alpha value is -3.22. The Labute approximate surface area is 175 Å². The fraction of sp³-hybridized carbons (Fsp3) is 0.158. The first-order valence-electron chi connectivity index (χ1n) is 8.20. The van der Waals surface area contributed by atoms with Crippen LogP contribution in [0.25, 0.3) is 5.76 Å². The lowest BCUT2D eigenvalue weighted by molar-refractivity contribution is -0.385. The molecule has 150 valence electrons. The molecule has 0 atom stereocenters. The number of phenols is 1. The third kappa shape index (κ3) is 5.40. The number of rotatable bonds is 7. The molecular formula is C19H16ClN3O5S. The summed E-state index contributed by atoms with van der Waals surface area (Å²) in [6, 6.07) is 13.1. The Kier molecular flexibility index (Phi) is 7.47. The number of aliphatic hydroxyl groups is 1. The second-order valence-electron chi connectivity index (χ2n) is 5.81. The number of hydrogen-bond acceptors (Lipinski definition) is 7. The van der Waals surface area contributed by atoms with E-state index in [4.69, 9.17) is 11.6 Å². The Morgan fingerprint density at radius 3 is 2.59 bits per heavy atom. The van der Waals surface area contributed by atoms with E-state index in [0.717, 1.165) is 17.0 Å². The first kappa shape index (κ1) is 22.1. The number of nitrogens with zero attached hydrogens (tertiary/aromatic N) is 3. The molecule has 0 bridgehead atoms. The van der Waals surface area contributed by atoms with E-state index >= 15 is 0 Å². The maximum absolute atomic E-state index is 12.6. The van der Waals surface area contributed by atoms with Gasteiger partial charge in [-0.05, 0) is 18.2 Å². The maximum Gasteiger partial charge on any atom is 0.313 e. The molecule has 0 saturated heterocycles. The summed E-state index contributed by atoms with van der Waals surface area (Å²) in [4.78, 5) is 25.0. The Balaban J connectivity index is 2.21.